The predicted molar refractivity (Wildman–Crippen MR) is 79.7 cm³/mol. The van der Waals surface area contributed by atoms with E-state index in [4.69, 9.17) is 5.11 Å². The third kappa shape index (κ3) is 4.91. The number of aliphatic carboxylic acids is 1. The summed E-state index contributed by atoms with van der Waals surface area (Å²) in [6.45, 7) is 0. The zero-order valence-corrected chi connectivity index (χ0v) is 12.6. The Kier molecular flexibility index (Phi) is 5.88. The Morgan fingerprint density at radius 3 is 2.47 bits per heavy atom. The van der Waals surface area contributed by atoms with E-state index in [2.05, 4.69) is 5.32 Å². The molecule has 1 unspecified atom stereocenters. The van der Waals surface area contributed by atoms with Gasteiger partial charge in [0.25, 0.3) is 0 Å². The fraction of sp³-hybridized carbons (Fsp3) is 0.846. The summed E-state index contributed by atoms with van der Waals surface area (Å²) in [6, 6.07) is 0.185. The van der Waals surface area contributed by atoms with Crippen molar-refractivity contribution < 1.29 is 14.7 Å². The molecule has 2 fully saturated rings. The summed E-state index contributed by atoms with van der Waals surface area (Å²) in [7, 11) is 0. The zero-order chi connectivity index (χ0) is 13.7. The van der Waals surface area contributed by atoms with Gasteiger partial charge in [0.15, 0.2) is 0 Å². The molecular formula is C13H21NO3S2. The third-order valence-corrected chi connectivity index (χ3v) is 6.58. The highest BCUT2D eigenvalue weighted by molar-refractivity contribution is 8.06. The van der Waals surface area contributed by atoms with Crippen molar-refractivity contribution in [2.24, 2.45) is 5.92 Å². The van der Waals surface area contributed by atoms with Crippen molar-refractivity contribution in [3.63, 3.8) is 0 Å². The van der Waals surface area contributed by atoms with E-state index in [-0.39, 0.29) is 17.9 Å². The van der Waals surface area contributed by atoms with Gasteiger partial charge in [-0.15, -0.1) is 0 Å². The highest BCUT2D eigenvalue weighted by Gasteiger charge is 2.27. The lowest BCUT2D eigenvalue weighted by atomic mass is 9.86. The molecule has 4 nitrogen and oxygen atoms in total. The van der Waals surface area contributed by atoms with Gasteiger partial charge in [0.2, 0.25) is 5.91 Å². The number of rotatable bonds is 4. The van der Waals surface area contributed by atoms with Crippen LogP contribution in [0, 0.1) is 5.92 Å². The lowest BCUT2D eigenvalue weighted by molar-refractivity contribution is -0.142. The van der Waals surface area contributed by atoms with Gasteiger partial charge in [-0.3, -0.25) is 9.59 Å². The minimum atomic E-state index is -0.694. The van der Waals surface area contributed by atoms with Crippen LogP contribution in [0.5, 0.6) is 0 Å². The van der Waals surface area contributed by atoms with Gasteiger partial charge in [-0.1, -0.05) is 0 Å². The van der Waals surface area contributed by atoms with Crippen LogP contribution in [0.2, 0.25) is 0 Å². The summed E-state index contributed by atoms with van der Waals surface area (Å²) in [5.74, 6) is 2.65. The maximum absolute atomic E-state index is 11.9. The number of carbonyl (C=O) groups is 2. The molecule has 1 heterocycles. The quantitative estimate of drug-likeness (QED) is 0.831. The van der Waals surface area contributed by atoms with Gasteiger partial charge in [-0.05, 0) is 25.7 Å². The largest absolute Gasteiger partial charge is 0.481 e. The van der Waals surface area contributed by atoms with E-state index in [0.29, 0.717) is 24.5 Å². The highest BCUT2D eigenvalue weighted by Crippen LogP contribution is 2.27. The van der Waals surface area contributed by atoms with Crippen molar-refractivity contribution in [3.05, 3.63) is 0 Å². The topological polar surface area (TPSA) is 66.4 Å². The Hall–Kier alpha value is -0.360. The molecule has 0 radical (unpaired) electrons. The highest BCUT2D eigenvalue weighted by atomic mass is 32.2. The van der Waals surface area contributed by atoms with Gasteiger partial charge < -0.3 is 10.4 Å². The first-order valence-electron chi connectivity index (χ1n) is 6.86. The molecular weight excluding hydrogens is 282 g/mol. The van der Waals surface area contributed by atoms with E-state index in [9.17, 15) is 9.59 Å². The van der Waals surface area contributed by atoms with Crippen molar-refractivity contribution in [1.82, 2.24) is 5.32 Å². The van der Waals surface area contributed by atoms with Crippen LogP contribution in [0.4, 0.5) is 0 Å². The molecule has 0 aromatic rings. The first kappa shape index (κ1) is 15.0. The molecule has 19 heavy (non-hydrogen) atoms. The first-order chi connectivity index (χ1) is 9.15. The second-order valence-corrected chi connectivity index (χ2v) is 7.78. The summed E-state index contributed by atoms with van der Waals surface area (Å²) < 4.78 is 0. The van der Waals surface area contributed by atoms with Crippen LogP contribution in [-0.4, -0.2) is 45.5 Å². The standard InChI is InChI=1S/C13H21NO3S2/c15-12(7-11-8-18-5-6-19-11)14-10-3-1-9(2-4-10)13(16)17/h9-11H,1-8H2,(H,14,15)(H,16,17). The van der Waals surface area contributed by atoms with E-state index < -0.39 is 5.97 Å². The molecule has 2 rings (SSSR count). The number of carboxylic acids is 1. The van der Waals surface area contributed by atoms with E-state index in [1.165, 1.54) is 5.75 Å². The molecule has 6 heteroatoms. The van der Waals surface area contributed by atoms with Gasteiger partial charge >= 0.3 is 5.97 Å². The van der Waals surface area contributed by atoms with Crippen LogP contribution in [-0.2, 0) is 9.59 Å². The number of amides is 1. The van der Waals surface area contributed by atoms with Crippen LogP contribution < -0.4 is 5.32 Å². The number of nitrogens with one attached hydrogen (secondary N) is 1. The van der Waals surface area contributed by atoms with E-state index in [1.54, 1.807) is 0 Å². The Labute approximate surface area is 122 Å². The summed E-state index contributed by atoms with van der Waals surface area (Å²) in [6.07, 6.45) is 3.59. The van der Waals surface area contributed by atoms with E-state index in [1.807, 2.05) is 23.5 Å². The Balaban J connectivity index is 1.67. The monoisotopic (exact) mass is 303 g/mol. The minimum absolute atomic E-state index is 0.138. The molecule has 0 spiro atoms. The molecule has 2 N–H and O–H groups in total. The first-order valence-corrected chi connectivity index (χ1v) is 9.07. The summed E-state index contributed by atoms with van der Waals surface area (Å²) in [4.78, 5) is 22.8. The fourth-order valence-corrected chi connectivity index (χ4v) is 5.31. The van der Waals surface area contributed by atoms with Gasteiger partial charge in [-0.2, -0.15) is 23.5 Å². The number of hydrogen-bond donors (Lipinski definition) is 2. The normalized spacial score (nSPS) is 31.7. The van der Waals surface area contributed by atoms with Crippen LogP contribution in [0.15, 0.2) is 0 Å². The maximum Gasteiger partial charge on any atom is 0.306 e. The average molecular weight is 303 g/mol. The Morgan fingerprint density at radius 2 is 1.89 bits per heavy atom. The van der Waals surface area contributed by atoms with E-state index in [0.717, 1.165) is 24.3 Å². The van der Waals surface area contributed by atoms with Crippen LogP contribution in [0.1, 0.15) is 32.1 Å². The van der Waals surface area contributed by atoms with Crippen LogP contribution in [0.3, 0.4) is 0 Å². The van der Waals surface area contributed by atoms with Crippen molar-refractivity contribution >= 4 is 35.4 Å². The Bertz CT molecular complexity index is 324. The second kappa shape index (κ2) is 7.43. The third-order valence-electron chi connectivity index (χ3n) is 3.74. The lowest BCUT2D eigenvalue weighted by Gasteiger charge is -2.28. The molecule has 1 amide bonds. The van der Waals surface area contributed by atoms with E-state index >= 15 is 0 Å². The zero-order valence-electron chi connectivity index (χ0n) is 11.0. The van der Waals surface area contributed by atoms with Gasteiger partial charge in [0.1, 0.15) is 0 Å². The number of thioether (sulfide) groups is 2. The number of carboxylic acid groups (broad SMARTS) is 1. The molecule has 1 saturated carbocycles. The molecule has 0 aromatic carbocycles. The Morgan fingerprint density at radius 1 is 1.16 bits per heavy atom. The van der Waals surface area contributed by atoms with Crippen molar-refractivity contribution in [1.29, 1.82) is 0 Å². The SMILES string of the molecule is O=C(CC1CSCCS1)NC1CCC(C(=O)O)CC1. The second-order valence-electron chi connectivity index (χ2n) is 5.23. The summed E-state index contributed by atoms with van der Waals surface area (Å²) >= 11 is 3.83. The fourth-order valence-electron chi connectivity index (χ4n) is 2.63. The summed E-state index contributed by atoms with van der Waals surface area (Å²) in [5.41, 5.74) is 0. The van der Waals surface area contributed by atoms with Crippen LogP contribution in [0.25, 0.3) is 0 Å². The molecule has 0 aromatic heterocycles. The molecule has 1 atom stereocenters. The van der Waals surface area contributed by atoms with Crippen molar-refractivity contribution in [2.75, 3.05) is 17.3 Å². The lowest BCUT2D eigenvalue weighted by Crippen LogP contribution is -2.40. The average Bonchev–Trinajstić information content (AvgIpc) is 2.40. The number of hydrogen-bond acceptors (Lipinski definition) is 4. The van der Waals surface area contributed by atoms with Crippen molar-refractivity contribution in [3.8, 4) is 0 Å². The van der Waals surface area contributed by atoms with Gasteiger partial charge in [0, 0.05) is 35.0 Å². The molecule has 108 valence electrons. The maximum atomic E-state index is 11.9. The molecule has 0 bridgehead atoms. The molecule has 1 aliphatic carbocycles. The van der Waals surface area contributed by atoms with Gasteiger partial charge in [-0.25, -0.2) is 0 Å². The summed E-state index contributed by atoms with van der Waals surface area (Å²) in [5, 5.41) is 12.5. The van der Waals surface area contributed by atoms with Gasteiger partial charge in [0.05, 0.1) is 5.92 Å². The van der Waals surface area contributed by atoms with Crippen molar-refractivity contribution in [2.45, 2.75) is 43.4 Å². The minimum Gasteiger partial charge on any atom is -0.481 e. The molecule has 1 saturated heterocycles. The van der Waals surface area contributed by atoms with Crippen LogP contribution >= 0.6 is 23.5 Å². The predicted octanol–water partition coefficient (Wildman–Crippen LogP) is 1.98. The molecule has 1 aliphatic heterocycles. The molecule has 2 aliphatic rings. The smallest absolute Gasteiger partial charge is 0.306 e. The number of carbonyl (C=O) groups excluding carboxylic acids is 1.